The maximum absolute atomic E-state index is 11.7. The van der Waals surface area contributed by atoms with Crippen LogP contribution >= 0.6 is 0 Å². The summed E-state index contributed by atoms with van der Waals surface area (Å²) >= 11 is 0. The third kappa shape index (κ3) is 3.63. The van der Waals surface area contributed by atoms with Gasteiger partial charge in [0.25, 0.3) is 0 Å². The van der Waals surface area contributed by atoms with E-state index in [0.717, 1.165) is 11.3 Å². The van der Waals surface area contributed by atoms with Crippen LogP contribution in [0.15, 0.2) is 47.3 Å². The Morgan fingerprint density at radius 1 is 1.15 bits per heavy atom. The predicted molar refractivity (Wildman–Crippen MR) is 77.7 cm³/mol. The number of anilines is 1. The van der Waals surface area contributed by atoms with Gasteiger partial charge in [-0.2, -0.15) is 0 Å². The van der Waals surface area contributed by atoms with Crippen molar-refractivity contribution in [2.75, 3.05) is 5.32 Å². The van der Waals surface area contributed by atoms with Crippen LogP contribution < -0.4 is 5.32 Å². The van der Waals surface area contributed by atoms with Crippen LogP contribution in [-0.2, 0) is 4.74 Å². The first kappa shape index (κ1) is 14.2. The molecule has 0 spiro atoms. The molecule has 0 fully saturated rings. The summed E-state index contributed by atoms with van der Waals surface area (Å²) in [7, 11) is 0. The van der Waals surface area contributed by atoms with E-state index in [1.165, 1.54) is 0 Å². The van der Waals surface area contributed by atoms with Crippen LogP contribution in [0.5, 0.6) is 0 Å². The first-order chi connectivity index (χ1) is 9.56. The van der Waals surface area contributed by atoms with Crippen LogP contribution in [-0.4, -0.2) is 12.1 Å². The maximum Gasteiger partial charge on any atom is 0.338 e. The molecule has 0 aliphatic rings. The second-order valence-corrected chi connectivity index (χ2v) is 4.95. The molecule has 0 aliphatic heterocycles. The summed E-state index contributed by atoms with van der Waals surface area (Å²) < 4.78 is 10.2. The van der Waals surface area contributed by atoms with E-state index < -0.39 is 0 Å². The summed E-state index contributed by atoms with van der Waals surface area (Å²) in [5.74, 6) is -0.297. The van der Waals surface area contributed by atoms with Crippen molar-refractivity contribution in [3.63, 3.8) is 0 Å². The average Bonchev–Trinajstić information content (AvgIpc) is 2.92. The van der Waals surface area contributed by atoms with Crippen LogP contribution in [0.1, 0.15) is 42.7 Å². The molecule has 1 N–H and O–H groups in total. The molecule has 1 aromatic heterocycles. The Labute approximate surface area is 118 Å². The van der Waals surface area contributed by atoms with Crippen molar-refractivity contribution < 1.29 is 13.9 Å². The first-order valence-corrected chi connectivity index (χ1v) is 6.66. The van der Waals surface area contributed by atoms with Crippen LogP contribution in [0, 0.1) is 0 Å². The third-order valence-corrected chi connectivity index (χ3v) is 2.89. The number of furan rings is 1. The van der Waals surface area contributed by atoms with Crippen LogP contribution in [0.2, 0.25) is 0 Å². The molecule has 0 amide bonds. The lowest BCUT2D eigenvalue weighted by Gasteiger charge is -2.14. The van der Waals surface area contributed by atoms with E-state index in [0.29, 0.717) is 5.56 Å². The standard InChI is InChI=1S/C16H19NO3/c1-11(2)20-16(18)13-4-6-15(7-5-13)17-12(3)14-8-9-19-10-14/h4-12,17H,1-3H3. The van der Waals surface area contributed by atoms with Crippen molar-refractivity contribution in [2.45, 2.75) is 32.9 Å². The topological polar surface area (TPSA) is 51.5 Å². The Balaban J connectivity index is 1.99. The predicted octanol–water partition coefficient (Wildman–Crippen LogP) is 4.02. The van der Waals surface area contributed by atoms with Gasteiger partial charge < -0.3 is 14.5 Å². The minimum Gasteiger partial charge on any atom is -0.472 e. The molecule has 2 rings (SSSR count). The number of rotatable bonds is 5. The third-order valence-electron chi connectivity index (χ3n) is 2.89. The molecule has 4 heteroatoms. The normalized spacial score (nSPS) is 12.2. The van der Waals surface area contributed by atoms with Gasteiger partial charge >= 0.3 is 5.97 Å². The fraction of sp³-hybridized carbons (Fsp3) is 0.312. The van der Waals surface area contributed by atoms with E-state index in [1.807, 2.05) is 39.0 Å². The highest BCUT2D eigenvalue weighted by atomic mass is 16.5. The van der Waals surface area contributed by atoms with Gasteiger partial charge in [0.15, 0.2) is 0 Å². The number of esters is 1. The highest BCUT2D eigenvalue weighted by Crippen LogP contribution is 2.20. The molecule has 0 radical (unpaired) electrons. The molecule has 1 unspecified atom stereocenters. The molecule has 1 atom stereocenters. The minimum absolute atomic E-state index is 0.110. The van der Waals surface area contributed by atoms with E-state index >= 15 is 0 Å². The molecule has 4 nitrogen and oxygen atoms in total. The molecule has 2 aromatic rings. The van der Waals surface area contributed by atoms with Gasteiger partial charge in [-0.25, -0.2) is 4.79 Å². The second kappa shape index (κ2) is 6.28. The first-order valence-electron chi connectivity index (χ1n) is 6.66. The summed E-state index contributed by atoms with van der Waals surface area (Å²) in [5.41, 5.74) is 2.58. The number of carbonyl (C=O) groups is 1. The lowest BCUT2D eigenvalue weighted by molar-refractivity contribution is 0.0378. The number of hydrogen-bond donors (Lipinski definition) is 1. The molecule has 0 bridgehead atoms. The SMILES string of the molecule is CC(C)OC(=O)c1ccc(NC(C)c2ccoc2)cc1. The number of ether oxygens (including phenoxy) is 1. The molecular formula is C16H19NO3. The van der Waals surface area contributed by atoms with Crippen LogP contribution in [0.4, 0.5) is 5.69 Å². The van der Waals surface area contributed by atoms with Gasteiger partial charge in [0, 0.05) is 11.3 Å². The highest BCUT2D eigenvalue weighted by molar-refractivity contribution is 5.89. The van der Waals surface area contributed by atoms with Gasteiger partial charge in [0.2, 0.25) is 0 Å². The average molecular weight is 273 g/mol. The lowest BCUT2D eigenvalue weighted by atomic mass is 10.1. The van der Waals surface area contributed by atoms with Crippen molar-refractivity contribution in [2.24, 2.45) is 0 Å². The second-order valence-electron chi connectivity index (χ2n) is 4.95. The van der Waals surface area contributed by atoms with E-state index in [1.54, 1.807) is 24.7 Å². The van der Waals surface area contributed by atoms with Gasteiger partial charge in [-0.15, -0.1) is 0 Å². The molecular weight excluding hydrogens is 254 g/mol. The van der Waals surface area contributed by atoms with Crippen molar-refractivity contribution in [1.29, 1.82) is 0 Å². The van der Waals surface area contributed by atoms with Gasteiger partial charge in [-0.3, -0.25) is 0 Å². The largest absolute Gasteiger partial charge is 0.472 e. The lowest BCUT2D eigenvalue weighted by Crippen LogP contribution is -2.11. The Morgan fingerprint density at radius 3 is 2.40 bits per heavy atom. The number of carbonyl (C=O) groups excluding carboxylic acids is 1. The summed E-state index contributed by atoms with van der Waals surface area (Å²) in [4.78, 5) is 11.7. The molecule has 20 heavy (non-hydrogen) atoms. The molecule has 0 saturated heterocycles. The molecule has 1 heterocycles. The summed E-state index contributed by atoms with van der Waals surface area (Å²) in [6, 6.07) is 9.32. The number of nitrogens with one attached hydrogen (secondary N) is 1. The van der Waals surface area contributed by atoms with Gasteiger partial charge in [0.05, 0.1) is 30.2 Å². The quantitative estimate of drug-likeness (QED) is 0.836. The van der Waals surface area contributed by atoms with Crippen LogP contribution in [0.3, 0.4) is 0 Å². The van der Waals surface area contributed by atoms with E-state index in [4.69, 9.17) is 9.15 Å². The zero-order chi connectivity index (χ0) is 14.5. The molecule has 1 aromatic carbocycles. The van der Waals surface area contributed by atoms with Crippen molar-refractivity contribution in [3.8, 4) is 0 Å². The smallest absolute Gasteiger partial charge is 0.338 e. The Kier molecular flexibility index (Phi) is 4.45. The summed E-state index contributed by atoms with van der Waals surface area (Å²) in [6.07, 6.45) is 3.26. The highest BCUT2D eigenvalue weighted by Gasteiger charge is 2.10. The minimum atomic E-state index is -0.297. The van der Waals surface area contributed by atoms with E-state index in [-0.39, 0.29) is 18.1 Å². The molecule has 106 valence electrons. The maximum atomic E-state index is 11.7. The molecule has 0 saturated carbocycles. The monoisotopic (exact) mass is 273 g/mol. The zero-order valence-electron chi connectivity index (χ0n) is 11.9. The zero-order valence-corrected chi connectivity index (χ0v) is 11.9. The van der Waals surface area contributed by atoms with E-state index in [2.05, 4.69) is 5.32 Å². The summed E-state index contributed by atoms with van der Waals surface area (Å²) in [6.45, 7) is 5.71. The summed E-state index contributed by atoms with van der Waals surface area (Å²) in [5, 5.41) is 3.34. The van der Waals surface area contributed by atoms with E-state index in [9.17, 15) is 4.79 Å². The molecule has 0 aliphatic carbocycles. The van der Waals surface area contributed by atoms with Crippen molar-refractivity contribution >= 4 is 11.7 Å². The number of benzene rings is 1. The number of hydrogen-bond acceptors (Lipinski definition) is 4. The Bertz CT molecular complexity index is 544. The Hall–Kier alpha value is -2.23. The van der Waals surface area contributed by atoms with Crippen molar-refractivity contribution in [3.05, 3.63) is 54.0 Å². The Morgan fingerprint density at radius 2 is 1.85 bits per heavy atom. The van der Waals surface area contributed by atoms with Crippen molar-refractivity contribution in [1.82, 2.24) is 0 Å². The fourth-order valence-corrected chi connectivity index (χ4v) is 1.84. The van der Waals surface area contributed by atoms with Gasteiger partial charge in [-0.1, -0.05) is 0 Å². The fourth-order valence-electron chi connectivity index (χ4n) is 1.84. The van der Waals surface area contributed by atoms with Gasteiger partial charge in [0.1, 0.15) is 0 Å². The van der Waals surface area contributed by atoms with Gasteiger partial charge in [-0.05, 0) is 51.1 Å². The van der Waals surface area contributed by atoms with Crippen LogP contribution in [0.25, 0.3) is 0 Å².